The van der Waals surface area contributed by atoms with E-state index in [0.717, 1.165) is 12.1 Å². The molecule has 0 spiro atoms. The summed E-state index contributed by atoms with van der Waals surface area (Å²) in [6.07, 6.45) is -0.477. The summed E-state index contributed by atoms with van der Waals surface area (Å²) in [7, 11) is 0. The maximum Gasteiger partial charge on any atom is 0.279 e. The number of nitrogens with zero attached hydrogens (tertiary/aromatic N) is 2. The van der Waals surface area contributed by atoms with Crippen molar-refractivity contribution in [2.24, 2.45) is 0 Å². The summed E-state index contributed by atoms with van der Waals surface area (Å²) >= 11 is 0. The number of aryl methyl sites for hydroxylation is 1. The van der Waals surface area contributed by atoms with Crippen LogP contribution in [-0.2, 0) is 11.2 Å². The minimum absolute atomic E-state index is 0.101. The monoisotopic (exact) mass is 239 g/mol. The third kappa shape index (κ3) is 3.23. The number of non-ortho nitro benzene ring substituents is 1. The Hall–Kier alpha value is -2.51. The number of rotatable bonds is 5. The van der Waals surface area contributed by atoms with Gasteiger partial charge in [-0.25, -0.2) is 0 Å². The van der Waals surface area contributed by atoms with Crippen molar-refractivity contribution in [3.63, 3.8) is 0 Å². The van der Waals surface area contributed by atoms with Crippen molar-refractivity contribution in [1.29, 1.82) is 0 Å². The van der Waals surface area contributed by atoms with E-state index in [4.69, 9.17) is 0 Å². The van der Waals surface area contributed by atoms with Crippen LogP contribution in [0.15, 0.2) is 18.2 Å². The zero-order chi connectivity index (χ0) is 13.0. The maximum atomic E-state index is 10.7. The molecule has 0 heterocycles. The van der Waals surface area contributed by atoms with E-state index in [-0.39, 0.29) is 18.4 Å². The first kappa shape index (κ1) is 12.6. The fraction of sp³-hybridized carbons (Fsp3) is 0.222. The molecule has 0 aliphatic rings. The van der Waals surface area contributed by atoms with E-state index in [1.807, 2.05) is 0 Å². The number of carbonyl (C=O) groups is 1. The Labute approximate surface area is 94.8 Å². The van der Waals surface area contributed by atoms with Gasteiger partial charge in [-0.3, -0.25) is 20.2 Å². The molecule has 0 aliphatic carbocycles. The molecule has 0 aliphatic heterocycles. The largest absolute Gasteiger partial charge is 0.550 e. The second-order valence-electron chi connectivity index (χ2n) is 3.20. The fourth-order valence-corrected chi connectivity index (χ4v) is 1.28. The molecule has 0 saturated carbocycles. The van der Waals surface area contributed by atoms with Crippen LogP contribution >= 0.6 is 0 Å². The van der Waals surface area contributed by atoms with Crippen LogP contribution < -0.4 is 5.11 Å². The minimum atomic E-state index is -1.34. The van der Waals surface area contributed by atoms with Gasteiger partial charge >= 0.3 is 0 Å². The molecule has 1 aromatic rings. The van der Waals surface area contributed by atoms with Gasteiger partial charge in [0.05, 0.1) is 15.9 Å². The van der Waals surface area contributed by atoms with Gasteiger partial charge in [-0.05, 0) is 18.9 Å². The molecule has 17 heavy (non-hydrogen) atoms. The predicted octanol–water partition coefficient (Wildman–Crippen LogP) is 0.185. The molecule has 0 amide bonds. The molecule has 0 fully saturated rings. The molecule has 0 N–H and O–H groups in total. The third-order valence-corrected chi connectivity index (χ3v) is 2.07. The first-order chi connectivity index (χ1) is 7.91. The molecule has 1 aromatic carbocycles. The minimum Gasteiger partial charge on any atom is -0.550 e. The summed E-state index contributed by atoms with van der Waals surface area (Å²) in [5.74, 6) is -1.34. The van der Waals surface area contributed by atoms with Crippen molar-refractivity contribution in [2.45, 2.75) is 12.8 Å². The van der Waals surface area contributed by atoms with Gasteiger partial charge in [0.2, 0.25) is 0 Å². The van der Waals surface area contributed by atoms with Crippen LogP contribution in [0.4, 0.5) is 11.4 Å². The number of benzene rings is 1. The zero-order valence-corrected chi connectivity index (χ0v) is 8.49. The van der Waals surface area contributed by atoms with Crippen molar-refractivity contribution >= 4 is 17.3 Å². The van der Waals surface area contributed by atoms with Crippen LogP contribution in [0.25, 0.3) is 0 Å². The first-order valence-electron chi connectivity index (χ1n) is 4.53. The quantitative estimate of drug-likeness (QED) is 0.532. The Balaban J connectivity index is 3.08. The normalized spacial score (nSPS) is 9.88. The van der Waals surface area contributed by atoms with Crippen LogP contribution in [0.5, 0.6) is 0 Å². The van der Waals surface area contributed by atoms with E-state index in [0.29, 0.717) is 0 Å². The van der Waals surface area contributed by atoms with Crippen molar-refractivity contribution in [3.05, 3.63) is 44.0 Å². The van der Waals surface area contributed by atoms with Crippen LogP contribution in [0.2, 0.25) is 0 Å². The Bertz CT molecular complexity index is 484. The SMILES string of the molecule is O=C([O-])CCc1ccc([N+](=O)[O-])cc1[N+](=O)[O-]. The zero-order valence-electron chi connectivity index (χ0n) is 8.49. The number of carboxylic acids is 1. The van der Waals surface area contributed by atoms with Gasteiger partial charge in [0.1, 0.15) is 0 Å². The lowest BCUT2D eigenvalue weighted by Gasteiger charge is -2.03. The summed E-state index contributed by atoms with van der Waals surface area (Å²) in [6.45, 7) is 0. The molecule has 0 atom stereocenters. The maximum absolute atomic E-state index is 10.7. The molecule has 0 radical (unpaired) electrons. The molecule has 8 heteroatoms. The number of carbonyl (C=O) groups excluding carboxylic acids is 1. The smallest absolute Gasteiger partial charge is 0.279 e. The van der Waals surface area contributed by atoms with Crippen molar-refractivity contribution in [2.75, 3.05) is 0 Å². The molecule has 0 aromatic heterocycles. The van der Waals surface area contributed by atoms with Crippen LogP contribution in [0, 0.1) is 20.2 Å². The molecule has 0 saturated heterocycles. The average Bonchev–Trinajstić information content (AvgIpc) is 2.25. The van der Waals surface area contributed by atoms with E-state index in [9.17, 15) is 30.1 Å². The lowest BCUT2D eigenvalue weighted by atomic mass is 10.1. The summed E-state index contributed by atoms with van der Waals surface area (Å²) in [6, 6.07) is 3.08. The molecule has 90 valence electrons. The highest BCUT2D eigenvalue weighted by atomic mass is 16.6. The van der Waals surface area contributed by atoms with Gasteiger partial charge in [-0.2, -0.15) is 0 Å². The second kappa shape index (κ2) is 5.01. The van der Waals surface area contributed by atoms with Gasteiger partial charge in [0.15, 0.2) is 0 Å². The van der Waals surface area contributed by atoms with Gasteiger partial charge in [0.25, 0.3) is 11.4 Å². The van der Waals surface area contributed by atoms with E-state index < -0.39 is 27.2 Å². The second-order valence-corrected chi connectivity index (χ2v) is 3.20. The van der Waals surface area contributed by atoms with Gasteiger partial charge < -0.3 is 9.90 Å². The molecular weight excluding hydrogens is 232 g/mol. The Morgan fingerprint density at radius 2 is 1.82 bits per heavy atom. The average molecular weight is 239 g/mol. The number of hydrogen-bond acceptors (Lipinski definition) is 6. The van der Waals surface area contributed by atoms with Crippen molar-refractivity contribution in [3.8, 4) is 0 Å². The Morgan fingerprint density at radius 3 is 2.29 bits per heavy atom. The van der Waals surface area contributed by atoms with Crippen LogP contribution in [-0.4, -0.2) is 15.8 Å². The predicted molar refractivity (Wildman–Crippen MR) is 53.1 cm³/mol. The summed E-state index contributed by atoms with van der Waals surface area (Å²) in [5, 5.41) is 31.3. The number of nitro groups is 2. The summed E-state index contributed by atoms with van der Waals surface area (Å²) < 4.78 is 0. The summed E-state index contributed by atoms with van der Waals surface area (Å²) in [5.41, 5.74) is -0.737. The lowest BCUT2D eigenvalue weighted by molar-refractivity contribution is -0.394. The van der Waals surface area contributed by atoms with Gasteiger partial charge in [0, 0.05) is 17.6 Å². The first-order valence-corrected chi connectivity index (χ1v) is 4.53. The van der Waals surface area contributed by atoms with Crippen LogP contribution in [0.1, 0.15) is 12.0 Å². The highest BCUT2D eigenvalue weighted by Crippen LogP contribution is 2.25. The molecule has 8 nitrogen and oxygen atoms in total. The number of carboxylic acid groups (broad SMARTS) is 1. The lowest BCUT2D eigenvalue weighted by Crippen LogP contribution is -2.22. The highest BCUT2D eigenvalue weighted by Gasteiger charge is 2.18. The molecule has 1 rings (SSSR count). The van der Waals surface area contributed by atoms with Crippen LogP contribution in [0.3, 0.4) is 0 Å². The number of nitro benzene ring substituents is 2. The van der Waals surface area contributed by atoms with E-state index in [1.165, 1.54) is 6.07 Å². The Kier molecular flexibility index (Phi) is 3.70. The third-order valence-electron chi connectivity index (χ3n) is 2.07. The summed E-state index contributed by atoms with van der Waals surface area (Å²) in [4.78, 5) is 29.8. The van der Waals surface area contributed by atoms with E-state index in [2.05, 4.69) is 0 Å². The van der Waals surface area contributed by atoms with Crippen molar-refractivity contribution < 1.29 is 19.7 Å². The van der Waals surface area contributed by atoms with Gasteiger partial charge in [-0.15, -0.1) is 0 Å². The Morgan fingerprint density at radius 1 is 1.18 bits per heavy atom. The topological polar surface area (TPSA) is 126 Å². The number of aliphatic carboxylic acids is 1. The highest BCUT2D eigenvalue weighted by molar-refractivity contribution is 5.65. The molecule has 0 unspecified atom stereocenters. The van der Waals surface area contributed by atoms with Crippen molar-refractivity contribution in [1.82, 2.24) is 0 Å². The number of hydrogen-bond donors (Lipinski definition) is 0. The standard InChI is InChI=1S/C9H8N2O6/c12-9(13)4-2-6-1-3-7(10(14)15)5-8(6)11(16)17/h1,3,5H,2,4H2,(H,12,13)/p-1. The van der Waals surface area contributed by atoms with E-state index in [1.54, 1.807) is 0 Å². The fourth-order valence-electron chi connectivity index (χ4n) is 1.28. The molecular formula is C9H7N2O6-. The van der Waals surface area contributed by atoms with Gasteiger partial charge in [-0.1, -0.05) is 0 Å². The molecule has 0 bridgehead atoms. The van der Waals surface area contributed by atoms with E-state index >= 15 is 0 Å².